The molecule has 8 nitrogen and oxygen atoms in total. The Morgan fingerprint density at radius 2 is 1.45 bits per heavy atom. The van der Waals surface area contributed by atoms with E-state index in [-0.39, 0.29) is 37.0 Å². The van der Waals surface area contributed by atoms with E-state index in [1.807, 2.05) is 19.1 Å². The van der Waals surface area contributed by atoms with Gasteiger partial charge in [0.2, 0.25) is 11.8 Å². The van der Waals surface area contributed by atoms with Crippen molar-refractivity contribution in [2.24, 2.45) is 0 Å². The molecule has 8 heteroatoms. The molecule has 0 spiro atoms. The third-order valence-electron chi connectivity index (χ3n) is 4.47. The number of hydrogen-bond acceptors (Lipinski definition) is 5. The molecule has 0 unspecified atom stereocenters. The van der Waals surface area contributed by atoms with Gasteiger partial charge in [0.05, 0.1) is 0 Å². The van der Waals surface area contributed by atoms with E-state index in [1.54, 1.807) is 57.2 Å². The van der Waals surface area contributed by atoms with Gasteiger partial charge >= 0.3 is 6.09 Å². The zero-order valence-electron chi connectivity index (χ0n) is 19.5. The smallest absolute Gasteiger partial charge is 0.408 e. The molecule has 0 aromatic heterocycles. The predicted octanol–water partition coefficient (Wildman–Crippen LogP) is 3.74. The molecule has 3 N–H and O–H groups in total. The Labute approximate surface area is 194 Å². The Balaban J connectivity index is 1.70. The number of hydrogen-bond donors (Lipinski definition) is 3. The van der Waals surface area contributed by atoms with E-state index in [4.69, 9.17) is 4.74 Å². The van der Waals surface area contributed by atoms with Crippen LogP contribution in [0.3, 0.4) is 0 Å². The number of alkyl carbamates (subject to hydrolysis) is 1. The zero-order valence-corrected chi connectivity index (χ0v) is 19.5. The third kappa shape index (κ3) is 9.99. The summed E-state index contributed by atoms with van der Waals surface area (Å²) >= 11 is 0. The van der Waals surface area contributed by atoms with Crippen LogP contribution in [0.5, 0.6) is 0 Å². The predicted molar refractivity (Wildman–Crippen MR) is 126 cm³/mol. The standard InChI is InChI=1S/C25H31N3O5/c1-17-5-9-19(10-6-17)21(29)13-14-22(30)26-15-18-7-11-20(12-8-18)28-23(31)16-27-24(32)33-25(2,3)4/h5-12H,13-16H2,1-4H3,(H,26,30)(H,27,32)(H,28,31). The maximum absolute atomic E-state index is 12.2. The molecule has 2 aromatic rings. The van der Waals surface area contributed by atoms with Crippen LogP contribution in [0.4, 0.5) is 10.5 Å². The van der Waals surface area contributed by atoms with E-state index in [9.17, 15) is 19.2 Å². The highest BCUT2D eigenvalue weighted by atomic mass is 16.6. The molecule has 0 heterocycles. The zero-order chi connectivity index (χ0) is 24.4. The molecule has 0 fully saturated rings. The van der Waals surface area contributed by atoms with Crippen molar-refractivity contribution in [2.75, 3.05) is 11.9 Å². The fourth-order valence-electron chi connectivity index (χ4n) is 2.78. The SMILES string of the molecule is Cc1ccc(C(=O)CCC(=O)NCc2ccc(NC(=O)CNC(=O)OC(C)(C)C)cc2)cc1. The molecule has 0 saturated heterocycles. The summed E-state index contributed by atoms with van der Waals surface area (Å²) in [6.07, 6.45) is -0.396. The lowest BCUT2D eigenvalue weighted by Gasteiger charge is -2.19. The number of Topliss-reactive ketones (excluding diaryl/α,β-unsaturated/α-hetero) is 1. The minimum Gasteiger partial charge on any atom is -0.444 e. The molecule has 0 bridgehead atoms. The van der Waals surface area contributed by atoms with Crippen molar-refractivity contribution in [3.8, 4) is 0 Å². The second kappa shape index (κ2) is 11.8. The van der Waals surface area contributed by atoms with E-state index in [2.05, 4.69) is 16.0 Å². The van der Waals surface area contributed by atoms with Crippen LogP contribution in [0, 0.1) is 6.92 Å². The Bertz CT molecular complexity index is 977. The summed E-state index contributed by atoms with van der Waals surface area (Å²) < 4.78 is 5.07. The first-order valence-corrected chi connectivity index (χ1v) is 10.7. The van der Waals surface area contributed by atoms with Crippen molar-refractivity contribution in [1.82, 2.24) is 10.6 Å². The minimum absolute atomic E-state index is 0.0635. The molecule has 0 aliphatic rings. The highest BCUT2D eigenvalue weighted by Gasteiger charge is 2.16. The van der Waals surface area contributed by atoms with Gasteiger partial charge < -0.3 is 20.7 Å². The molecular formula is C25H31N3O5. The number of nitrogens with one attached hydrogen (secondary N) is 3. The molecule has 0 aliphatic carbocycles. The van der Waals surface area contributed by atoms with Gasteiger partial charge in [0.15, 0.2) is 5.78 Å². The number of ketones is 1. The van der Waals surface area contributed by atoms with Crippen molar-refractivity contribution in [3.63, 3.8) is 0 Å². The van der Waals surface area contributed by atoms with Crippen LogP contribution in [0.25, 0.3) is 0 Å². The van der Waals surface area contributed by atoms with Gasteiger partial charge in [-0.05, 0) is 45.4 Å². The topological polar surface area (TPSA) is 114 Å². The Morgan fingerprint density at radius 1 is 0.818 bits per heavy atom. The van der Waals surface area contributed by atoms with Crippen LogP contribution >= 0.6 is 0 Å². The van der Waals surface area contributed by atoms with Crippen LogP contribution < -0.4 is 16.0 Å². The van der Waals surface area contributed by atoms with Crippen molar-refractivity contribution < 1.29 is 23.9 Å². The fraction of sp³-hybridized carbons (Fsp3) is 0.360. The van der Waals surface area contributed by atoms with Crippen LogP contribution in [0.15, 0.2) is 48.5 Å². The fourth-order valence-corrected chi connectivity index (χ4v) is 2.78. The van der Waals surface area contributed by atoms with Crippen LogP contribution in [-0.2, 0) is 20.9 Å². The van der Waals surface area contributed by atoms with Gasteiger partial charge in [-0.1, -0.05) is 42.0 Å². The van der Waals surface area contributed by atoms with Gasteiger partial charge in [-0.3, -0.25) is 14.4 Å². The Hall–Kier alpha value is -3.68. The van der Waals surface area contributed by atoms with E-state index in [1.165, 1.54) is 0 Å². The lowest BCUT2D eigenvalue weighted by atomic mass is 10.0. The summed E-state index contributed by atoms with van der Waals surface area (Å²) in [5.41, 5.74) is 2.45. The molecule has 0 radical (unpaired) electrons. The molecule has 176 valence electrons. The number of benzene rings is 2. The summed E-state index contributed by atoms with van der Waals surface area (Å²) in [5, 5.41) is 7.85. The maximum Gasteiger partial charge on any atom is 0.408 e. The summed E-state index contributed by atoms with van der Waals surface area (Å²) in [6.45, 7) is 7.26. The van der Waals surface area contributed by atoms with Crippen molar-refractivity contribution in [2.45, 2.75) is 52.7 Å². The molecule has 3 amide bonds. The summed E-state index contributed by atoms with van der Waals surface area (Å²) in [5.74, 6) is -0.660. The number of carbonyl (C=O) groups is 4. The van der Waals surface area contributed by atoms with E-state index < -0.39 is 11.7 Å². The normalized spacial score (nSPS) is 10.8. The number of anilines is 1. The average Bonchev–Trinajstić information content (AvgIpc) is 2.75. The number of aryl methyl sites for hydroxylation is 1. The highest BCUT2D eigenvalue weighted by Crippen LogP contribution is 2.11. The van der Waals surface area contributed by atoms with Gasteiger partial charge in [-0.25, -0.2) is 4.79 Å². The maximum atomic E-state index is 12.2. The van der Waals surface area contributed by atoms with E-state index in [0.29, 0.717) is 17.8 Å². The van der Waals surface area contributed by atoms with E-state index in [0.717, 1.165) is 11.1 Å². The second-order valence-corrected chi connectivity index (χ2v) is 8.67. The van der Waals surface area contributed by atoms with Crippen LogP contribution in [0.1, 0.15) is 55.1 Å². The average molecular weight is 454 g/mol. The van der Waals surface area contributed by atoms with Crippen molar-refractivity contribution >= 4 is 29.4 Å². The van der Waals surface area contributed by atoms with Gasteiger partial charge in [0.1, 0.15) is 12.1 Å². The number of carbonyl (C=O) groups excluding carboxylic acids is 4. The first-order chi connectivity index (χ1) is 15.5. The van der Waals surface area contributed by atoms with E-state index >= 15 is 0 Å². The Morgan fingerprint density at radius 3 is 2.06 bits per heavy atom. The minimum atomic E-state index is -0.663. The van der Waals surface area contributed by atoms with Gasteiger partial charge in [-0.15, -0.1) is 0 Å². The summed E-state index contributed by atoms with van der Waals surface area (Å²) in [7, 11) is 0. The molecule has 0 saturated carbocycles. The van der Waals surface area contributed by atoms with Gasteiger partial charge in [0, 0.05) is 30.6 Å². The van der Waals surface area contributed by atoms with Gasteiger partial charge in [-0.2, -0.15) is 0 Å². The van der Waals surface area contributed by atoms with Gasteiger partial charge in [0.25, 0.3) is 0 Å². The Kier molecular flexibility index (Phi) is 9.15. The van der Waals surface area contributed by atoms with Crippen LogP contribution in [-0.4, -0.2) is 35.8 Å². The molecule has 2 rings (SSSR count). The molecule has 33 heavy (non-hydrogen) atoms. The molecule has 0 aliphatic heterocycles. The van der Waals surface area contributed by atoms with Crippen molar-refractivity contribution in [1.29, 1.82) is 0 Å². The highest BCUT2D eigenvalue weighted by molar-refractivity contribution is 5.98. The van der Waals surface area contributed by atoms with Crippen molar-refractivity contribution in [3.05, 3.63) is 65.2 Å². The lowest BCUT2D eigenvalue weighted by Crippen LogP contribution is -2.37. The molecule has 2 aromatic carbocycles. The second-order valence-electron chi connectivity index (χ2n) is 8.67. The number of rotatable bonds is 9. The number of amides is 3. The largest absolute Gasteiger partial charge is 0.444 e. The number of ether oxygens (including phenoxy) is 1. The summed E-state index contributed by atoms with van der Waals surface area (Å²) in [4.78, 5) is 47.8. The third-order valence-corrected chi connectivity index (χ3v) is 4.47. The first-order valence-electron chi connectivity index (χ1n) is 10.7. The molecule has 0 atom stereocenters. The quantitative estimate of drug-likeness (QED) is 0.501. The van der Waals surface area contributed by atoms with Crippen LogP contribution in [0.2, 0.25) is 0 Å². The lowest BCUT2D eigenvalue weighted by molar-refractivity contribution is -0.121. The first kappa shape index (κ1) is 25.6. The molecular weight excluding hydrogens is 422 g/mol. The monoisotopic (exact) mass is 453 g/mol. The summed E-state index contributed by atoms with van der Waals surface area (Å²) in [6, 6.07) is 14.2.